The van der Waals surface area contributed by atoms with Crippen LogP contribution in [-0.2, 0) is 7.05 Å². The molecule has 9 nitrogen and oxygen atoms in total. The van der Waals surface area contributed by atoms with Gasteiger partial charge in [0.05, 0.1) is 10.9 Å². The van der Waals surface area contributed by atoms with Crippen LogP contribution in [0.1, 0.15) is 37.3 Å². The number of aromatic nitrogens is 5. The summed E-state index contributed by atoms with van der Waals surface area (Å²) >= 11 is 0. The lowest BCUT2D eigenvalue weighted by Crippen LogP contribution is -2.49. The van der Waals surface area contributed by atoms with E-state index in [1.54, 1.807) is 19.3 Å². The molecule has 0 atom stereocenters. The van der Waals surface area contributed by atoms with E-state index in [9.17, 15) is 4.39 Å². The molecule has 0 amide bonds. The molecule has 0 radical (unpaired) electrons. The molecule has 0 spiro atoms. The molecule has 3 aromatic heterocycles. The number of fused-ring (bicyclic) bond motifs is 2. The first-order valence-corrected chi connectivity index (χ1v) is 14.9. The van der Waals surface area contributed by atoms with Gasteiger partial charge < -0.3 is 25.1 Å². The number of nitrogens with two attached hydrogens (primary N) is 1. The first-order valence-electron chi connectivity index (χ1n) is 14.9. The second kappa shape index (κ2) is 10.7. The standard InChI is InChI=1S/C32H38FN9/c1-20-4-13-26-29(28(20)33)38-32(40(26)3)37-22-7-5-21(6-8-22)25-18-42(31-27(25)30(34)35-19-36-31)24-11-9-23(10-12-24)41-16-14-39(2)15-17-41/h4-8,13,18-19,23-24H,9-12,14-17H2,1-3H3,(H,37,38)(H2,34,35,36)/t23-,24-. The van der Waals surface area contributed by atoms with Crippen molar-refractivity contribution in [3.63, 3.8) is 0 Å². The lowest BCUT2D eigenvalue weighted by atomic mass is 9.89. The number of nitrogens with zero attached hydrogens (tertiary/aromatic N) is 7. The van der Waals surface area contributed by atoms with Gasteiger partial charge in [0.1, 0.15) is 23.3 Å². The Kier molecular flexibility index (Phi) is 6.82. The maximum atomic E-state index is 14.7. The van der Waals surface area contributed by atoms with Crippen molar-refractivity contribution in [2.45, 2.75) is 44.7 Å². The largest absolute Gasteiger partial charge is 0.383 e. The van der Waals surface area contributed by atoms with Crippen molar-refractivity contribution < 1.29 is 4.39 Å². The summed E-state index contributed by atoms with van der Waals surface area (Å²) in [5, 5.41) is 4.25. The zero-order chi connectivity index (χ0) is 29.0. The van der Waals surface area contributed by atoms with Crippen LogP contribution in [0.15, 0.2) is 48.9 Å². The molecule has 10 heteroatoms. The van der Waals surface area contributed by atoms with E-state index in [1.807, 2.05) is 29.8 Å². The van der Waals surface area contributed by atoms with E-state index in [1.165, 1.54) is 25.9 Å². The summed E-state index contributed by atoms with van der Waals surface area (Å²) in [5.41, 5.74) is 12.0. The van der Waals surface area contributed by atoms with Gasteiger partial charge in [0.25, 0.3) is 0 Å². The topological polar surface area (TPSA) is 93.1 Å². The number of hydrogen-bond acceptors (Lipinski definition) is 7. The van der Waals surface area contributed by atoms with Crippen LogP contribution in [0.3, 0.4) is 0 Å². The number of likely N-dealkylation sites (N-methyl/N-ethyl adjacent to an activating group) is 1. The number of piperazine rings is 1. The van der Waals surface area contributed by atoms with Gasteiger partial charge in [0, 0.05) is 62.8 Å². The second-order valence-electron chi connectivity index (χ2n) is 12.0. The fourth-order valence-corrected chi connectivity index (χ4v) is 6.80. The number of nitrogens with one attached hydrogen (secondary N) is 1. The van der Waals surface area contributed by atoms with Gasteiger partial charge in [0.15, 0.2) is 5.82 Å². The Morgan fingerprint density at radius 2 is 1.62 bits per heavy atom. The zero-order valence-corrected chi connectivity index (χ0v) is 24.5. The maximum absolute atomic E-state index is 14.7. The minimum absolute atomic E-state index is 0.282. The fraction of sp³-hybridized carbons (Fsp3) is 0.406. The summed E-state index contributed by atoms with van der Waals surface area (Å²) in [5.74, 6) is 0.804. The Bertz CT molecular complexity index is 1740. The van der Waals surface area contributed by atoms with Gasteiger partial charge in [-0.3, -0.25) is 4.90 Å². The van der Waals surface area contributed by atoms with Crippen molar-refractivity contribution >= 4 is 39.5 Å². The Hall–Kier alpha value is -4.02. The Morgan fingerprint density at radius 3 is 2.36 bits per heavy atom. The molecule has 1 saturated carbocycles. The van der Waals surface area contributed by atoms with Crippen LogP contribution in [-0.4, -0.2) is 73.2 Å². The average Bonchev–Trinajstić information content (AvgIpc) is 3.55. The van der Waals surface area contributed by atoms with Gasteiger partial charge >= 0.3 is 0 Å². The normalized spacial score (nSPS) is 20.5. The third-order valence-corrected chi connectivity index (χ3v) is 9.39. The molecule has 3 N–H and O–H groups in total. The van der Waals surface area contributed by atoms with Crippen LogP contribution in [0.5, 0.6) is 0 Å². The summed E-state index contributed by atoms with van der Waals surface area (Å²) in [7, 11) is 4.10. The van der Waals surface area contributed by atoms with E-state index >= 15 is 0 Å². The number of hydrogen-bond donors (Lipinski definition) is 2. The molecular formula is C32H38FN9. The van der Waals surface area contributed by atoms with Crippen molar-refractivity contribution in [3.05, 3.63) is 60.3 Å². The number of anilines is 3. The van der Waals surface area contributed by atoms with Gasteiger partial charge in [0.2, 0.25) is 5.95 Å². The Morgan fingerprint density at radius 1 is 0.905 bits per heavy atom. The van der Waals surface area contributed by atoms with Gasteiger partial charge in [-0.2, -0.15) is 0 Å². The monoisotopic (exact) mass is 567 g/mol. The quantitative estimate of drug-likeness (QED) is 0.290. The average molecular weight is 568 g/mol. The molecule has 218 valence electrons. The Balaban J connectivity index is 1.13. The molecule has 5 aromatic rings. The lowest BCUT2D eigenvalue weighted by Gasteiger charge is -2.41. The second-order valence-corrected chi connectivity index (χ2v) is 12.0. The molecule has 1 aliphatic carbocycles. The highest BCUT2D eigenvalue weighted by Crippen LogP contribution is 2.39. The molecule has 0 unspecified atom stereocenters. The predicted molar refractivity (Wildman–Crippen MR) is 166 cm³/mol. The minimum atomic E-state index is -0.282. The van der Waals surface area contributed by atoms with Crippen LogP contribution in [0, 0.1) is 12.7 Å². The molecule has 1 aliphatic heterocycles. The first kappa shape index (κ1) is 26.9. The summed E-state index contributed by atoms with van der Waals surface area (Å²) in [6.07, 6.45) is 8.46. The van der Waals surface area contributed by atoms with Crippen molar-refractivity contribution in [2.24, 2.45) is 7.05 Å². The van der Waals surface area contributed by atoms with Crippen LogP contribution < -0.4 is 11.1 Å². The summed E-state index contributed by atoms with van der Waals surface area (Å²) in [6, 6.07) is 12.9. The predicted octanol–water partition coefficient (Wildman–Crippen LogP) is 5.49. The van der Waals surface area contributed by atoms with Gasteiger partial charge in [-0.15, -0.1) is 0 Å². The molecule has 2 aliphatic rings. The number of aryl methyl sites for hydroxylation is 2. The molecule has 4 heterocycles. The molecule has 42 heavy (non-hydrogen) atoms. The molecule has 0 bridgehead atoms. The smallest absolute Gasteiger partial charge is 0.208 e. The fourth-order valence-electron chi connectivity index (χ4n) is 6.80. The molecule has 2 aromatic carbocycles. The van der Waals surface area contributed by atoms with Crippen molar-refractivity contribution in [3.8, 4) is 11.1 Å². The van der Waals surface area contributed by atoms with Crippen LogP contribution in [0.25, 0.3) is 33.2 Å². The number of rotatable bonds is 5. The van der Waals surface area contributed by atoms with Gasteiger partial charge in [-0.1, -0.05) is 18.2 Å². The zero-order valence-electron chi connectivity index (χ0n) is 24.5. The number of benzene rings is 2. The van der Waals surface area contributed by atoms with Gasteiger partial charge in [-0.05, 0) is 69.0 Å². The minimum Gasteiger partial charge on any atom is -0.383 e. The van der Waals surface area contributed by atoms with E-state index in [-0.39, 0.29) is 5.82 Å². The van der Waals surface area contributed by atoms with E-state index in [0.717, 1.165) is 59.3 Å². The third-order valence-electron chi connectivity index (χ3n) is 9.39. The van der Waals surface area contributed by atoms with E-state index in [0.29, 0.717) is 34.9 Å². The Labute approximate surface area is 245 Å². The number of halogens is 1. The number of nitrogen functional groups attached to an aromatic ring is 1. The van der Waals surface area contributed by atoms with Crippen molar-refractivity contribution in [1.29, 1.82) is 0 Å². The highest BCUT2D eigenvalue weighted by atomic mass is 19.1. The SMILES string of the molecule is Cc1ccc2c(nc(Nc3ccc(-c4cn([C@H]5CC[C@H](N6CCN(C)CC6)CC5)c5ncnc(N)c45)cc3)n2C)c1F. The molecule has 2 fully saturated rings. The first-order chi connectivity index (χ1) is 20.4. The van der Waals surface area contributed by atoms with Gasteiger partial charge in [-0.25, -0.2) is 19.3 Å². The third kappa shape index (κ3) is 4.68. The summed E-state index contributed by atoms with van der Waals surface area (Å²) in [6.45, 7) is 6.41. The van der Waals surface area contributed by atoms with Crippen LogP contribution >= 0.6 is 0 Å². The van der Waals surface area contributed by atoms with E-state index in [4.69, 9.17) is 10.7 Å². The maximum Gasteiger partial charge on any atom is 0.208 e. The molecule has 1 saturated heterocycles. The lowest BCUT2D eigenvalue weighted by molar-refractivity contribution is 0.0828. The summed E-state index contributed by atoms with van der Waals surface area (Å²) in [4.78, 5) is 18.7. The van der Waals surface area contributed by atoms with Crippen molar-refractivity contribution in [2.75, 3.05) is 44.3 Å². The van der Waals surface area contributed by atoms with E-state index < -0.39 is 0 Å². The van der Waals surface area contributed by atoms with Crippen LogP contribution in [0.2, 0.25) is 0 Å². The van der Waals surface area contributed by atoms with E-state index in [2.05, 4.69) is 55.0 Å². The van der Waals surface area contributed by atoms with Crippen molar-refractivity contribution in [1.82, 2.24) is 33.9 Å². The molecular weight excluding hydrogens is 529 g/mol. The highest BCUT2D eigenvalue weighted by molar-refractivity contribution is 6.00. The highest BCUT2D eigenvalue weighted by Gasteiger charge is 2.30. The summed E-state index contributed by atoms with van der Waals surface area (Å²) < 4.78 is 18.9. The van der Waals surface area contributed by atoms with Crippen LogP contribution in [0.4, 0.5) is 21.8 Å². The number of imidazole rings is 1. The molecule has 7 rings (SSSR count).